The summed E-state index contributed by atoms with van der Waals surface area (Å²) in [6.07, 6.45) is 5.48. The van der Waals surface area contributed by atoms with Crippen LogP contribution in [0, 0.1) is 0 Å². The van der Waals surface area contributed by atoms with Gasteiger partial charge in [-0.2, -0.15) is 15.1 Å². The Hall–Kier alpha value is -6.87. The molecule has 0 radical (unpaired) electrons. The first kappa shape index (κ1) is 56.8. The molecule has 0 saturated heterocycles. The smallest absolute Gasteiger partial charge is 0.236 e. The van der Waals surface area contributed by atoms with Crippen LogP contribution in [-0.2, 0) is 52.9 Å². The van der Waals surface area contributed by atoms with Gasteiger partial charge in [0.15, 0.2) is 31.3 Å². The largest absolute Gasteiger partial charge is 0.495 e. The second-order valence-electron chi connectivity index (χ2n) is 19.8. The van der Waals surface area contributed by atoms with Gasteiger partial charge in [-0.25, -0.2) is 32.2 Å². The Morgan fingerprint density at radius 3 is 1.46 bits per heavy atom. The number of ketones is 1. The fourth-order valence-corrected chi connectivity index (χ4v) is 11.5. The molecule has 5 N–H and O–H groups in total. The van der Waals surface area contributed by atoms with Crippen molar-refractivity contribution in [1.82, 2.24) is 25.4 Å². The van der Waals surface area contributed by atoms with E-state index in [0.29, 0.717) is 53.5 Å². The number of fused-ring (bicyclic) bond motifs is 2. The molecule has 0 atom stereocenters. The van der Waals surface area contributed by atoms with Gasteiger partial charge in [0.2, 0.25) is 17.8 Å². The number of aryl methyl sites for hydroxylation is 2. The first-order chi connectivity index (χ1) is 35.8. The minimum atomic E-state index is -3.56. The highest BCUT2D eigenvalue weighted by Gasteiger charge is 2.37. The van der Waals surface area contributed by atoms with Gasteiger partial charge in [-0.15, -0.1) is 0 Å². The number of nitrogens with one attached hydrogen (secondary N) is 5. The number of carbonyl (C=O) groups excluding carboxylic acids is 2. The van der Waals surface area contributed by atoms with Crippen LogP contribution in [-0.4, -0.2) is 78.9 Å². The molecule has 0 saturated carbocycles. The quantitative estimate of drug-likeness (QED) is 0.0600. The normalized spacial score (nSPS) is 15.2. The molecule has 4 aromatic carbocycles. The number of sulfone groups is 2. The summed E-state index contributed by atoms with van der Waals surface area (Å²) in [5.41, 5.74) is 8.50. The molecule has 0 spiro atoms. The third-order valence-corrected chi connectivity index (χ3v) is 18.3. The maximum Gasteiger partial charge on any atom is 0.236 e. The standard InChI is InChI=1S/C28H33ClN6O4S.C26H29ClN4O4S/c1-16(2)40(37,38)24-10-8-7-9-21(24)31-26-20(29)15-30-27(33-26)32-22-14-19-18(13-23(22)39-6)11-12-25(28(19,4)5)35-34-17(3)36;1-15(2)36(33,34)22-9-7-6-8-19(22)29-24-18(27)14-28-25(31-24)30-20-13-17-16(12-21(20)35-5)10-11-23(32)26(17,3)4/h7-10,13-16H,11-12H2,1-6H3,(H,34,36)(H2,30,31,32,33);6-9,12-15H,10-11H2,1-5H3,(H2,28,29,30,31)/b35-25+;. The van der Waals surface area contributed by atoms with Crippen LogP contribution in [0.5, 0.6) is 11.5 Å². The van der Waals surface area contributed by atoms with Crippen molar-refractivity contribution in [2.75, 3.05) is 35.5 Å². The molecule has 0 aliphatic heterocycles. The van der Waals surface area contributed by atoms with Crippen molar-refractivity contribution in [3.8, 4) is 11.5 Å². The topological polar surface area (TPSA) is 245 Å². The van der Waals surface area contributed by atoms with Crippen LogP contribution >= 0.6 is 23.2 Å². The number of rotatable bonds is 15. The number of nitrogens with zero attached hydrogens (tertiary/aromatic N) is 5. The number of halogens is 2. The van der Waals surface area contributed by atoms with Crippen LogP contribution in [0.2, 0.25) is 10.0 Å². The number of Topliss-reactive ketones (excluding diaryl/α,β-unsaturated/α-hetero) is 1. The molecule has 0 bridgehead atoms. The molecule has 2 heterocycles. The Labute approximate surface area is 454 Å². The minimum Gasteiger partial charge on any atom is -0.495 e. The lowest BCUT2D eigenvalue weighted by molar-refractivity contribution is -0.124. The lowest BCUT2D eigenvalue weighted by Crippen LogP contribution is -2.36. The van der Waals surface area contributed by atoms with Crippen molar-refractivity contribution in [3.63, 3.8) is 0 Å². The minimum absolute atomic E-state index is 0.157. The molecule has 2 aliphatic carbocycles. The highest BCUT2D eigenvalue weighted by molar-refractivity contribution is 7.92. The average molecular weight is 1110 g/mol. The number of benzene rings is 4. The van der Waals surface area contributed by atoms with Gasteiger partial charge in [0.1, 0.15) is 27.3 Å². The highest BCUT2D eigenvalue weighted by Crippen LogP contribution is 2.43. The van der Waals surface area contributed by atoms with Crippen LogP contribution in [0.15, 0.2) is 100 Å². The van der Waals surface area contributed by atoms with Gasteiger partial charge in [-0.05, 0) is 132 Å². The summed E-state index contributed by atoms with van der Waals surface area (Å²) >= 11 is 12.8. The highest BCUT2D eigenvalue weighted by atomic mass is 35.5. The number of methoxy groups -OCH3 is 2. The van der Waals surface area contributed by atoms with E-state index < -0.39 is 41.0 Å². The number of ether oxygens (including phenoxy) is 2. The molecule has 1 amide bonds. The van der Waals surface area contributed by atoms with Gasteiger partial charge < -0.3 is 30.7 Å². The van der Waals surface area contributed by atoms with E-state index in [9.17, 15) is 26.4 Å². The number of anilines is 8. The lowest BCUT2D eigenvalue weighted by atomic mass is 9.71. The molecule has 402 valence electrons. The van der Waals surface area contributed by atoms with Crippen LogP contribution in [0.3, 0.4) is 0 Å². The molecule has 2 aromatic heterocycles. The number of hydrogen-bond donors (Lipinski definition) is 5. The van der Waals surface area contributed by atoms with Gasteiger partial charge in [0, 0.05) is 29.9 Å². The summed E-state index contributed by atoms with van der Waals surface area (Å²) in [5, 5.41) is 16.1. The predicted octanol–water partition coefficient (Wildman–Crippen LogP) is 11.1. The number of carbonyl (C=O) groups is 2. The van der Waals surface area contributed by atoms with E-state index in [2.05, 4.69) is 65.6 Å². The van der Waals surface area contributed by atoms with Crippen molar-refractivity contribution < 1.29 is 35.9 Å². The third kappa shape index (κ3) is 12.0. The van der Waals surface area contributed by atoms with Gasteiger partial charge in [-0.3, -0.25) is 9.59 Å². The summed E-state index contributed by atoms with van der Waals surface area (Å²) in [4.78, 5) is 41.9. The first-order valence-electron chi connectivity index (χ1n) is 24.4. The Kier molecular flexibility index (Phi) is 17.0. The summed E-state index contributed by atoms with van der Waals surface area (Å²) < 4.78 is 62.8. The summed E-state index contributed by atoms with van der Waals surface area (Å²) in [6.45, 7) is 15.9. The molecule has 6 aromatic rings. The molecule has 76 heavy (non-hydrogen) atoms. The summed E-state index contributed by atoms with van der Waals surface area (Å²) in [6, 6.07) is 21.0. The Morgan fingerprint density at radius 2 is 1.04 bits per heavy atom. The number of hydrazone groups is 1. The van der Waals surface area contributed by atoms with E-state index in [1.807, 2.05) is 38.1 Å². The molecular formula is C54H62Cl2N10O8S2. The number of aromatic nitrogens is 4. The maximum absolute atomic E-state index is 12.9. The number of amides is 1. The molecular weight excluding hydrogens is 1050 g/mol. The van der Waals surface area contributed by atoms with Crippen LogP contribution < -0.4 is 36.2 Å². The summed E-state index contributed by atoms with van der Waals surface area (Å²) in [7, 11) is -3.93. The zero-order chi connectivity index (χ0) is 55.5. The van der Waals surface area contributed by atoms with Crippen molar-refractivity contribution in [3.05, 3.63) is 117 Å². The zero-order valence-corrected chi connectivity index (χ0v) is 47.3. The van der Waals surface area contributed by atoms with E-state index in [4.69, 9.17) is 32.7 Å². The fraction of sp³-hybridized carbons (Fsp3) is 0.352. The van der Waals surface area contributed by atoms with Crippen molar-refractivity contribution in [1.29, 1.82) is 0 Å². The Morgan fingerprint density at radius 1 is 0.618 bits per heavy atom. The van der Waals surface area contributed by atoms with E-state index in [1.165, 1.54) is 19.3 Å². The molecule has 18 nitrogen and oxygen atoms in total. The van der Waals surface area contributed by atoms with E-state index in [-0.39, 0.29) is 55.1 Å². The lowest BCUT2D eigenvalue weighted by Gasteiger charge is -2.35. The molecule has 2 aliphatic rings. The van der Waals surface area contributed by atoms with Gasteiger partial charge >= 0.3 is 0 Å². The zero-order valence-electron chi connectivity index (χ0n) is 44.1. The van der Waals surface area contributed by atoms with Crippen LogP contribution in [0.25, 0.3) is 0 Å². The van der Waals surface area contributed by atoms with Crippen molar-refractivity contribution in [2.24, 2.45) is 5.10 Å². The van der Waals surface area contributed by atoms with Gasteiger partial charge in [0.25, 0.3) is 0 Å². The SMILES string of the molecule is COc1cc2c(cc1Nc1ncc(Cl)c(Nc3ccccc3S(=O)(=O)C(C)C)n1)C(C)(C)/C(=N/NC(C)=O)CC2.COc1cc2c(cc1Nc1ncc(Cl)c(Nc3ccccc3S(=O)(=O)C(C)C)n1)C(C)(C)C(=O)CC2. The van der Waals surface area contributed by atoms with Gasteiger partial charge in [-0.1, -0.05) is 61.3 Å². The van der Waals surface area contributed by atoms with Crippen LogP contribution in [0.1, 0.15) is 97.4 Å². The summed E-state index contributed by atoms with van der Waals surface area (Å²) in [5.74, 6) is 2.12. The second kappa shape index (κ2) is 22.8. The Balaban J connectivity index is 0.000000222. The third-order valence-electron chi connectivity index (χ3n) is 13.3. The fourth-order valence-electron chi connectivity index (χ4n) is 8.80. The maximum atomic E-state index is 12.9. The van der Waals surface area contributed by atoms with E-state index in [1.54, 1.807) is 90.4 Å². The molecule has 0 fully saturated rings. The van der Waals surface area contributed by atoms with Crippen molar-refractivity contribution >= 4 is 107 Å². The number of para-hydroxylation sites is 2. The van der Waals surface area contributed by atoms with Gasteiger partial charge in [0.05, 0.1) is 69.7 Å². The number of hydrogen-bond acceptors (Lipinski definition) is 17. The van der Waals surface area contributed by atoms with Crippen molar-refractivity contribution in [2.45, 2.75) is 119 Å². The first-order valence-corrected chi connectivity index (χ1v) is 28.2. The average Bonchev–Trinajstić information content (AvgIpc) is 3.37. The van der Waals surface area contributed by atoms with E-state index in [0.717, 1.165) is 34.4 Å². The van der Waals surface area contributed by atoms with Crippen LogP contribution in [0.4, 0.5) is 46.3 Å². The second-order valence-corrected chi connectivity index (χ2v) is 25.5. The molecule has 0 unspecified atom stereocenters. The van der Waals surface area contributed by atoms with E-state index >= 15 is 0 Å². The Bertz CT molecular complexity index is 3480. The predicted molar refractivity (Wildman–Crippen MR) is 300 cm³/mol. The molecule has 8 rings (SSSR count). The molecule has 22 heteroatoms. The monoisotopic (exact) mass is 1110 g/mol.